The molecule has 0 amide bonds. The van der Waals surface area contributed by atoms with Gasteiger partial charge in [-0.3, -0.25) is 4.98 Å². The lowest BCUT2D eigenvalue weighted by molar-refractivity contribution is 0.335. The first-order valence-electron chi connectivity index (χ1n) is 5.77. The standard InChI is InChI=1S/C12H19N3/c1-2-9-15(8-1)10-7-14-11-12-3-5-13-6-4-12/h3-6,14H,1-2,7-11H2. The molecule has 0 aromatic carbocycles. The summed E-state index contributed by atoms with van der Waals surface area (Å²) in [7, 11) is 0. The summed E-state index contributed by atoms with van der Waals surface area (Å²) in [6.07, 6.45) is 6.45. The molecule has 1 fully saturated rings. The van der Waals surface area contributed by atoms with E-state index in [1.165, 1.54) is 38.0 Å². The summed E-state index contributed by atoms with van der Waals surface area (Å²) in [6.45, 7) is 5.80. The van der Waals surface area contributed by atoms with E-state index in [1.807, 2.05) is 12.4 Å². The van der Waals surface area contributed by atoms with Crippen molar-refractivity contribution in [3.05, 3.63) is 30.1 Å². The van der Waals surface area contributed by atoms with Crippen molar-refractivity contribution in [1.29, 1.82) is 0 Å². The molecule has 15 heavy (non-hydrogen) atoms. The molecule has 3 nitrogen and oxygen atoms in total. The van der Waals surface area contributed by atoms with E-state index in [9.17, 15) is 0 Å². The van der Waals surface area contributed by atoms with Gasteiger partial charge < -0.3 is 10.2 Å². The molecule has 3 heteroatoms. The minimum atomic E-state index is 0.955. The highest BCUT2D eigenvalue weighted by Gasteiger charge is 2.09. The molecule has 1 aliphatic rings. The number of likely N-dealkylation sites (tertiary alicyclic amines) is 1. The first kappa shape index (κ1) is 10.6. The van der Waals surface area contributed by atoms with Crippen molar-refractivity contribution in [1.82, 2.24) is 15.2 Å². The molecule has 0 radical (unpaired) electrons. The summed E-state index contributed by atoms with van der Waals surface area (Å²) >= 11 is 0. The van der Waals surface area contributed by atoms with Crippen LogP contribution in [0.3, 0.4) is 0 Å². The van der Waals surface area contributed by atoms with Gasteiger partial charge in [-0.1, -0.05) is 0 Å². The molecule has 1 saturated heterocycles. The number of rotatable bonds is 5. The van der Waals surface area contributed by atoms with Crippen LogP contribution in [0.4, 0.5) is 0 Å². The van der Waals surface area contributed by atoms with Gasteiger partial charge in [0, 0.05) is 32.0 Å². The summed E-state index contributed by atoms with van der Waals surface area (Å²) in [5.41, 5.74) is 1.31. The summed E-state index contributed by atoms with van der Waals surface area (Å²) in [6, 6.07) is 4.12. The predicted octanol–water partition coefficient (Wildman–Crippen LogP) is 1.27. The highest BCUT2D eigenvalue weighted by Crippen LogP contribution is 2.05. The van der Waals surface area contributed by atoms with E-state index in [1.54, 1.807) is 0 Å². The Morgan fingerprint density at radius 3 is 2.67 bits per heavy atom. The lowest BCUT2D eigenvalue weighted by Crippen LogP contribution is -2.29. The summed E-state index contributed by atoms with van der Waals surface area (Å²) in [5.74, 6) is 0. The topological polar surface area (TPSA) is 28.2 Å². The van der Waals surface area contributed by atoms with Crippen LogP contribution in [-0.2, 0) is 6.54 Å². The molecular formula is C12H19N3. The monoisotopic (exact) mass is 205 g/mol. The van der Waals surface area contributed by atoms with Crippen LogP contribution in [0.15, 0.2) is 24.5 Å². The second kappa shape index (κ2) is 5.83. The van der Waals surface area contributed by atoms with Gasteiger partial charge in [0.2, 0.25) is 0 Å². The maximum absolute atomic E-state index is 4.00. The molecule has 0 saturated carbocycles. The summed E-state index contributed by atoms with van der Waals surface area (Å²) in [5, 5.41) is 3.46. The third-order valence-corrected chi connectivity index (χ3v) is 2.88. The fraction of sp³-hybridized carbons (Fsp3) is 0.583. The molecular weight excluding hydrogens is 186 g/mol. The van der Waals surface area contributed by atoms with E-state index in [0.29, 0.717) is 0 Å². The molecule has 1 aliphatic heterocycles. The lowest BCUT2D eigenvalue weighted by atomic mass is 10.3. The Hall–Kier alpha value is -0.930. The van der Waals surface area contributed by atoms with E-state index < -0.39 is 0 Å². The molecule has 0 aliphatic carbocycles. The van der Waals surface area contributed by atoms with Crippen molar-refractivity contribution in [3.63, 3.8) is 0 Å². The normalized spacial score (nSPS) is 17.1. The third-order valence-electron chi connectivity index (χ3n) is 2.88. The quantitative estimate of drug-likeness (QED) is 0.734. The third kappa shape index (κ3) is 3.61. The molecule has 1 N–H and O–H groups in total. The molecule has 82 valence electrons. The Balaban J connectivity index is 1.59. The Bertz CT molecular complexity index is 267. The van der Waals surface area contributed by atoms with E-state index in [0.717, 1.165) is 13.1 Å². The van der Waals surface area contributed by atoms with E-state index in [2.05, 4.69) is 27.3 Å². The number of nitrogens with one attached hydrogen (secondary N) is 1. The van der Waals surface area contributed by atoms with Gasteiger partial charge in [-0.05, 0) is 43.6 Å². The van der Waals surface area contributed by atoms with Crippen LogP contribution in [-0.4, -0.2) is 36.1 Å². The molecule has 2 heterocycles. The smallest absolute Gasteiger partial charge is 0.0271 e. The van der Waals surface area contributed by atoms with Gasteiger partial charge in [-0.25, -0.2) is 0 Å². The molecule has 1 aromatic rings. The molecule has 1 aromatic heterocycles. The van der Waals surface area contributed by atoms with Crippen molar-refractivity contribution in [2.24, 2.45) is 0 Å². The SMILES string of the molecule is c1cc(CNCCN2CCCC2)ccn1. The van der Waals surface area contributed by atoms with Gasteiger partial charge in [-0.2, -0.15) is 0 Å². The lowest BCUT2D eigenvalue weighted by Gasteiger charge is -2.14. The minimum Gasteiger partial charge on any atom is -0.311 e. The van der Waals surface area contributed by atoms with Gasteiger partial charge in [-0.15, -0.1) is 0 Å². The predicted molar refractivity (Wildman–Crippen MR) is 61.6 cm³/mol. The van der Waals surface area contributed by atoms with Crippen molar-refractivity contribution < 1.29 is 0 Å². The first-order chi connectivity index (χ1) is 7.45. The van der Waals surface area contributed by atoms with Gasteiger partial charge in [0.05, 0.1) is 0 Å². The van der Waals surface area contributed by atoms with Crippen molar-refractivity contribution in [2.45, 2.75) is 19.4 Å². The average Bonchev–Trinajstić information content (AvgIpc) is 2.79. The molecule has 0 bridgehead atoms. The second-order valence-electron chi connectivity index (χ2n) is 4.08. The Morgan fingerprint density at radius 2 is 1.93 bits per heavy atom. The van der Waals surface area contributed by atoms with Crippen molar-refractivity contribution in [2.75, 3.05) is 26.2 Å². The Morgan fingerprint density at radius 1 is 1.20 bits per heavy atom. The number of hydrogen-bond acceptors (Lipinski definition) is 3. The van der Waals surface area contributed by atoms with Crippen LogP contribution in [0, 0.1) is 0 Å². The van der Waals surface area contributed by atoms with Gasteiger partial charge >= 0.3 is 0 Å². The second-order valence-corrected chi connectivity index (χ2v) is 4.08. The highest BCUT2D eigenvalue weighted by molar-refractivity contribution is 5.08. The zero-order valence-electron chi connectivity index (χ0n) is 9.15. The summed E-state index contributed by atoms with van der Waals surface area (Å²) < 4.78 is 0. The fourth-order valence-corrected chi connectivity index (χ4v) is 1.98. The van der Waals surface area contributed by atoms with E-state index in [4.69, 9.17) is 0 Å². The Kier molecular flexibility index (Phi) is 4.11. The van der Waals surface area contributed by atoms with Gasteiger partial charge in [0.25, 0.3) is 0 Å². The van der Waals surface area contributed by atoms with Crippen molar-refractivity contribution in [3.8, 4) is 0 Å². The highest BCUT2D eigenvalue weighted by atomic mass is 15.1. The van der Waals surface area contributed by atoms with E-state index in [-0.39, 0.29) is 0 Å². The maximum Gasteiger partial charge on any atom is 0.0271 e. The molecule has 0 unspecified atom stereocenters. The first-order valence-corrected chi connectivity index (χ1v) is 5.77. The Labute approximate surface area is 91.5 Å². The van der Waals surface area contributed by atoms with E-state index >= 15 is 0 Å². The number of pyridine rings is 1. The van der Waals surface area contributed by atoms with Crippen LogP contribution in [0.5, 0.6) is 0 Å². The van der Waals surface area contributed by atoms with Gasteiger partial charge in [0.1, 0.15) is 0 Å². The van der Waals surface area contributed by atoms with Crippen LogP contribution >= 0.6 is 0 Å². The summed E-state index contributed by atoms with van der Waals surface area (Å²) in [4.78, 5) is 6.53. The zero-order valence-corrected chi connectivity index (χ0v) is 9.15. The average molecular weight is 205 g/mol. The van der Waals surface area contributed by atoms with Gasteiger partial charge in [0.15, 0.2) is 0 Å². The fourth-order valence-electron chi connectivity index (χ4n) is 1.98. The van der Waals surface area contributed by atoms with Crippen LogP contribution in [0.1, 0.15) is 18.4 Å². The maximum atomic E-state index is 4.00. The zero-order chi connectivity index (χ0) is 10.3. The van der Waals surface area contributed by atoms with Crippen LogP contribution in [0.2, 0.25) is 0 Å². The van der Waals surface area contributed by atoms with Crippen LogP contribution < -0.4 is 5.32 Å². The molecule has 0 atom stereocenters. The number of nitrogens with zero attached hydrogens (tertiary/aromatic N) is 2. The molecule has 0 spiro atoms. The minimum absolute atomic E-state index is 0.955. The number of hydrogen-bond donors (Lipinski definition) is 1. The largest absolute Gasteiger partial charge is 0.311 e. The van der Waals surface area contributed by atoms with Crippen LogP contribution in [0.25, 0.3) is 0 Å². The van der Waals surface area contributed by atoms with Crippen molar-refractivity contribution >= 4 is 0 Å². The number of aromatic nitrogens is 1. The molecule has 2 rings (SSSR count).